The van der Waals surface area contributed by atoms with Crippen molar-refractivity contribution in [1.29, 1.82) is 0 Å². The summed E-state index contributed by atoms with van der Waals surface area (Å²) in [6.07, 6.45) is 1.59. The Morgan fingerprint density at radius 2 is 1.92 bits per heavy atom. The highest BCUT2D eigenvalue weighted by atomic mass is 32.2. The summed E-state index contributed by atoms with van der Waals surface area (Å²) in [5, 5.41) is 7.04. The predicted octanol–water partition coefficient (Wildman–Crippen LogP) is 2.08. The molecule has 0 saturated heterocycles. The van der Waals surface area contributed by atoms with Gasteiger partial charge in [-0.3, -0.25) is 4.79 Å². The van der Waals surface area contributed by atoms with Crippen molar-refractivity contribution in [1.82, 2.24) is 14.6 Å². The van der Waals surface area contributed by atoms with Crippen molar-refractivity contribution in [3.05, 3.63) is 53.9 Å². The van der Waals surface area contributed by atoms with Crippen LogP contribution in [0.1, 0.15) is 23.0 Å². The van der Waals surface area contributed by atoms with Crippen molar-refractivity contribution in [2.24, 2.45) is 0 Å². The molecule has 0 bridgehead atoms. The van der Waals surface area contributed by atoms with Crippen LogP contribution in [0.25, 0.3) is 5.65 Å². The zero-order valence-electron chi connectivity index (χ0n) is 13.2. The number of benzene rings is 1. The summed E-state index contributed by atoms with van der Waals surface area (Å²) < 4.78 is 25.2. The minimum absolute atomic E-state index is 0.0200. The maximum atomic E-state index is 12.4. The first-order valence-electron chi connectivity index (χ1n) is 7.36. The van der Waals surface area contributed by atoms with Crippen molar-refractivity contribution in [3.8, 4) is 0 Å². The van der Waals surface area contributed by atoms with Crippen LogP contribution in [0.2, 0.25) is 0 Å². The summed E-state index contributed by atoms with van der Waals surface area (Å²) in [6, 6.07) is 9.31. The number of sulfone groups is 1. The minimum Gasteiger partial charge on any atom is -0.306 e. The van der Waals surface area contributed by atoms with Crippen LogP contribution in [0.15, 0.2) is 47.5 Å². The van der Waals surface area contributed by atoms with Gasteiger partial charge in [-0.2, -0.15) is 9.61 Å². The molecule has 2 heterocycles. The van der Waals surface area contributed by atoms with E-state index in [1.54, 1.807) is 29.8 Å². The number of hydrogen-bond acceptors (Lipinski definition) is 5. The van der Waals surface area contributed by atoms with Gasteiger partial charge < -0.3 is 5.32 Å². The summed E-state index contributed by atoms with van der Waals surface area (Å²) in [5.74, 6) is 0.158. The molecule has 0 aliphatic heterocycles. The zero-order valence-corrected chi connectivity index (χ0v) is 14.0. The molecule has 0 spiro atoms. The highest BCUT2D eigenvalue weighted by Gasteiger charge is 2.14. The summed E-state index contributed by atoms with van der Waals surface area (Å²) in [7, 11) is -3.28. The Labute approximate surface area is 139 Å². The number of aromatic nitrogens is 3. The molecule has 0 fully saturated rings. The van der Waals surface area contributed by atoms with E-state index in [4.69, 9.17) is 0 Å². The van der Waals surface area contributed by atoms with Crippen LogP contribution in [-0.2, 0) is 9.84 Å². The van der Waals surface area contributed by atoms with Gasteiger partial charge in [0.25, 0.3) is 5.91 Å². The van der Waals surface area contributed by atoms with Crippen molar-refractivity contribution in [3.63, 3.8) is 0 Å². The maximum Gasteiger partial charge on any atom is 0.256 e. The van der Waals surface area contributed by atoms with Crippen LogP contribution in [0.3, 0.4) is 0 Å². The second-order valence-electron chi connectivity index (χ2n) is 5.27. The number of carbonyl (C=O) groups excluding carboxylic acids is 1. The first-order chi connectivity index (χ1) is 11.4. The molecule has 124 valence electrons. The standard InChI is InChI=1S/C16H16N4O3S/c1-3-24(22,23)13-6-4-12(5-7-13)16(21)18-14-8-9-17-15-10-11(2)19-20(14)15/h4-10H,3H2,1-2H3,(H,18,21). The van der Waals surface area contributed by atoms with Gasteiger partial charge in [0.1, 0.15) is 5.82 Å². The highest BCUT2D eigenvalue weighted by molar-refractivity contribution is 7.91. The number of fused-ring (bicyclic) bond motifs is 1. The normalized spacial score (nSPS) is 11.6. The van der Waals surface area contributed by atoms with Crippen LogP contribution >= 0.6 is 0 Å². The molecule has 2 aromatic heterocycles. The predicted molar refractivity (Wildman–Crippen MR) is 89.8 cm³/mol. The molecule has 24 heavy (non-hydrogen) atoms. The van der Waals surface area contributed by atoms with Crippen molar-refractivity contribution >= 4 is 27.2 Å². The van der Waals surface area contributed by atoms with E-state index in [9.17, 15) is 13.2 Å². The quantitative estimate of drug-likeness (QED) is 0.782. The van der Waals surface area contributed by atoms with Gasteiger partial charge in [0.05, 0.1) is 16.3 Å². The third kappa shape index (κ3) is 3.00. The minimum atomic E-state index is -3.28. The number of rotatable bonds is 4. The third-order valence-corrected chi connectivity index (χ3v) is 5.33. The van der Waals surface area contributed by atoms with Crippen molar-refractivity contribution in [2.45, 2.75) is 18.7 Å². The number of hydrogen-bond donors (Lipinski definition) is 1. The molecule has 0 aliphatic rings. The molecule has 1 amide bonds. The lowest BCUT2D eigenvalue weighted by atomic mass is 10.2. The largest absolute Gasteiger partial charge is 0.306 e. The molecule has 1 N–H and O–H groups in total. The topological polar surface area (TPSA) is 93.4 Å². The number of aryl methyl sites for hydroxylation is 1. The Hall–Kier alpha value is -2.74. The molecule has 3 rings (SSSR count). The third-order valence-electron chi connectivity index (χ3n) is 3.58. The van der Waals surface area contributed by atoms with Gasteiger partial charge in [0.15, 0.2) is 15.5 Å². The van der Waals surface area contributed by atoms with Crippen molar-refractivity contribution < 1.29 is 13.2 Å². The van der Waals surface area contributed by atoms with Crippen molar-refractivity contribution in [2.75, 3.05) is 11.1 Å². The summed E-state index contributed by atoms with van der Waals surface area (Å²) in [4.78, 5) is 16.8. The Morgan fingerprint density at radius 1 is 1.21 bits per heavy atom. The molecule has 0 atom stereocenters. The number of nitrogens with one attached hydrogen (secondary N) is 1. The monoisotopic (exact) mass is 344 g/mol. The van der Waals surface area contributed by atoms with Gasteiger partial charge in [-0.25, -0.2) is 13.4 Å². The fourth-order valence-corrected chi connectivity index (χ4v) is 3.16. The van der Waals surface area contributed by atoms with E-state index in [0.29, 0.717) is 17.0 Å². The Balaban J connectivity index is 1.87. The Bertz CT molecular complexity index is 1010. The second kappa shape index (κ2) is 6.04. The van der Waals surface area contributed by atoms with Gasteiger partial charge in [-0.05, 0) is 37.3 Å². The first-order valence-corrected chi connectivity index (χ1v) is 9.01. The van der Waals surface area contributed by atoms with E-state index < -0.39 is 9.84 Å². The van der Waals surface area contributed by atoms with Crippen LogP contribution in [0, 0.1) is 6.92 Å². The molecule has 3 aromatic rings. The van der Waals surface area contributed by atoms with Crippen LogP contribution < -0.4 is 5.32 Å². The first kappa shape index (κ1) is 16.1. The molecule has 0 radical (unpaired) electrons. The van der Waals surface area contributed by atoms with Gasteiger partial charge >= 0.3 is 0 Å². The van der Waals surface area contributed by atoms with E-state index in [-0.39, 0.29) is 16.6 Å². The number of anilines is 1. The van der Waals surface area contributed by atoms with Crippen LogP contribution in [0.5, 0.6) is 0 Å². The smallest absolute Gasteiger partial charge is 0.256 e. The molecular formula is C16H16N4O3S. The Morgan fingerprint density at radius 3 is 2.58 bits per heavy atom. The fraction of sp³-hybridized carbons (Fsp3) is 0.188. The lowest BCUT2D eigenvalue weighted by molar-refractivity contribution is 0.102. The summed E-state index contributed by atoms with van der Waals surface area (Å²) >= 11 is 0. The number of carbonyl (C=O) groups is 1. The highest BCUT2D eigenvalue weighted by Crippen LogP contribution is 2.15. The van der Waals surface area contributed by atoms with E-state index in [1.807, 2.05) is 6.92 Å². The molecular weight excluding hydrogens is 328 g/mol. The van der Waals surface area contributed by atoms with Crippen LogP contribution in [0.4, 0.5) is 5.82 Å². The lowest BCUT2D eigenvalue weighted by Crippen LogP contribution is -2.15. The maximum absolute atomic E-state index is 12.4. The lowest BCUT2D eigenvalue weighted by Gasteiger charge is -2.07. The molecule has 1 aromatic carbocycles. The van der Waals surface area contributed by atoms with Crippen LogP contribution in [-0.4, -0.2) is 34.7 Å². The molecule has 0 saturated carbocycles. The SMILES string of the molecule is CCS(=O)(=O)c1ccc(C(=O)Nc2ccnc3cc(C)nn23)cc1. The average molecular weight is 344 g/mol. The average Bonchev–Trinajstić information content (AvgIpc) is 2.96. The van der Waals surface area contributed by atoms with Gasteiger partial charge in [-0.15, -0.1) is 0 Å². The van der Waals surface area contributed by atoms with E-state index in [0.717, 1.165) is 5.69 Å². The van der Waals surface area contributed by atoms with E-state index >= 15 is 0 Å². The number of nitrogens with zero attached hydrogens (tertiary/aromatic N) is 3. The Kier molecular flexibility index (Phi) is 4.06. The fourth-order valence-electron chi connectivity index (χ4n) is 2.27. The number of amides is 1. The van der Waals surface area contributed by atoms with Gasteiger partial charge in [0.2, 0.25) is 0 Å². The summed E-state index contributed by atoms with van der Waals surface area (Å²) in [6.45, 7) is 3.42. The second-order valence-corrected chi connectivity index (χ2v) is 7.55. The molecule has 8 heteroatoms. The summed E-state index contributed by atoms with van der Waals surface area (Å²) in [5.41, 5.74) is 1.78. The molecule has 0 aliphatic carbocycles. The van der Waals surface area contributed by atoms with E-state index in [2.05, 4.69) is 15.4 Å². The van der Waals surface area contributed by atoms with Gasteiger partial charge in [-0.1, -0.05) is 6.92 Å². The van der Waals surface area contributed by atoms with Gasteiger partial charge in [0, 0.05) is 17.8 Å². The molecule has 7 nitrogen and oxygen atoms in total. The zero-order chi connectivity index (χ0) is 17.3. The molecule has 0 unspecified atom stereocenters. The van der Waals surface area contributed by atoms with E-state index in [1.165, 1.54) is 24.3 Å².